The summed E-state index contributed by atoms with van der Waals surface area (Å²) in [6, 6.07) is 5.21. The molecule has 0 atom stereocenters. The number of nitrogens with one attached hydrogen (secondary N) is 2. The van der Waals surface area contributed by atoms with E-state index in [1.165, 1.54) is 37.5 Å². The van der Waals surface area contributed by atoms with Gasteiger partial charge in [0.1, 0.15) is 0 Å². The molecule has 0 radical (unpaired) electrons. The predicted octanol–water partition coefficient (Wildman–Crippen LogP) is 1.99. The lowest BCUT2D eigenvalue weighted by atomic mass is 10.1. The quantitative estimate of drug-likeness (QED) is 0.189. The van der Waals surface area contributed by atoms with Crippen molar-refractivity contribution in [3.05, 3.63) is 56.1 Å². The minimum Gasteiger partial charge on any atom is -0.504 e. The van der Waals surface area contributed by atoms with E-state index in [-0.39, 0.29) is 41.1 Å². The minimum atomic E-state index is -0.719. The van der Waals surface area contributed by atoms with Crippen LogP contribution in [0.25, 0.3) is 17.1 Å². The summed E-state index contributed by atoms with van der Waals surface area (Å²) in [5, 5.41) is 44.7. The van der Waals surface area contributed by atoms with Gasteiger partial charge in [-0.1, -0.05) is 0 Å². The van der Waals surface area contributed by atoms with Crippen LogP contribution in [0.2, 0.25) is 0 Å². The van der Waals surface area contributed by atoms with E-state index in [0.29, 0.717) is 5.69 Å². The largest absolute Gasteiger partial charge is 0.504 e. The lowest BCUT2D eigenvalue weighted by Gasteiger charge is -2.07. The topological polar surface area (TPSA) is 196 Å². The van der Waals surface area contributed by atoms with Crippen molar-refractivity contribution < 1.29 is 29.1 Å². The Morgan fingerprint density at radius 2 is 1.91 bits per heavy atom. The third-order valence-electron chi connectivity index (χ3n) is 4.27. The number of carbonyl (C=O) groups excluding carboxylic acids is 1. The Kier molecular flexibility index (Phi) is 6.43. The van der Waals surface area contributed by atoms with E-state index in [2.05, 4.69) is 25.6 Å². The number of phenolic OH excluding ortho intramolecular Hbond substituents is 1. The van der Waals surface area contributed by atoms with Crippen LogP contribution in [-0.4, -0.2) is 51.4 Å². The van der Waals surface area contributed by atoms with Gasteiger partial charge in [-0.2, -0.15) is 0 Å². The minimum absolute atomic E-state index is 0.00195. The lowest BCUT2D eigenvalue weighted by molar-refractivity contribution is -0.386. The molecule has 0 bridgehead atoms. The van der Waals surface area contributed by atoms with Gasteiger partial charge in [0.2, 0.25) is 17.2 Å². The molecule has 3 N–H and O–H groups in total. The maximum absolute atomic E-state index is 12.0. The summed E-state index contributed by atoms with van der Waals surface area (Å²) in [5.74, 6) is -1.22. The monoisotopic (exact) mass is 444 g/mol. The highest BCUT2D eigenvalue weighted by molar-refractivity contribution is 5.94. The van der Waals surface area contributed by atoms with Crippen molar-refractivity contribution in [3.8, 4) is 11.5 Å². The van der Waals surface area contributed by atoms with Gasteiger partial charge in [-0.25, -0.2) is 4.63 Å². The maximum atomic E-state index is 12.0. The Morgan fingerprint density at radius 3 is 2.59 bits per heavy atom. The summed E-state index contributed by atoms with van der Waals surface area (Å²) >= 11 is 0. The molecule has 14 heteroatoms. The number of carbonyl (C=O) groups is 1. The van der Waals surface area contributed by atoms with E-state index in [1.54, 1.807) is 0 Å². The fourth-order valence-corrected chi connectivity index (χ4v) is 2.85. The molecular formula is C18H16N6O8. The van der Waals surface area contributed by atoms with Crippen molar-refractivity contribution in [3.63, 3.8) is 0 Å². The molecule has 0 fully saturated rings. The third kappa shape index (κ3) is 4.53. The molecule has 1 heterocycles. The summed E-state index contributed by atoms with van der Waals surface area (Å²) in [6.45, 7) is 0.403. The first-order valence-corrected chi connectivity index (χ1v) is 8.97. The number of fused-ring (bicyclic) bond motifs is 1. The number of rotatable bonds is 9. The fourth-order valence-electron chi connectivity index (χ4n) is 2.85. The number of phenols is 1. The van der Waals surface area contributed by atoms with Gasteiger partial charge in [0.15, 0.2) is 11.3 Å². The smallest absolute Gasteiger partial charge is 0.322 e. The second kappa shape index (κ2) is 9.38. The number of hydrogen-bond acceptors (Lipinski definition) is 11. The number of amides is 1. The molecule has 3 rings (SSSR count). The van der Waals surface area contributed by atoms with Crippen LogP contribution in [0.15, 0.2) is 35.0 Å². The number of anilines is 1. The highest BCUT2D eigenvalue weighted by Gasteiger charge is 2.23. The zero-order chi connectivity index (χ0) is 23.3. The number of benzene rings is 2. The molecule has 0 saturated carbocycles. The van der Waals surface area contributed by atoms with Gasteiger partial charge in [-0.15, -0.1) is 0 Å². The van der Waals surface area contributed by atoms with E-state index < -0.39 is 27.2 Å². The Bertz CT molecular complexity index is 1220. The number of non-ortho nitro benzene ring substituents is 1. The van der Waals surface area contributed by atoms with Crippen LogP contribution in [0.1, 0.15) is 5.56 Å². The maximum Gasteiger partial charge on any atom is 0.322 e. The normalized spacial score (nSPS) is 10.9. The first kappa shape index (κ1) is 21.9. The first-order valence-electron chi connectivity index (χ1n) is 8.97. The third-order valence-corrected chi connectivity index (χ3v) is 4.27. The predicted molar refractivity (Wildman–Crippen MR) is 110 cm³/mol. The van der Waals surface area contributed by atoms with Crippen LogP contribution in [0, 0.1) is 20.2 Å². The summed E-state index contributed by atoms with van der Waals surface area (Å²) in [6.07, 6.45) is 2.33. The highest BCUT2D eigenvalue weighted by atomic mass is 16.6. The van der Waals surface area contributed by atoms with Gasteiger partial charge < -0.3 is 20.5 Å². The van der Waals surface area contributed by atoms with E-state index >= 15 is 0 Å². The number of nitrogens with zero attached hydrogens (tertiary/aromatic N) is 4. The molecule has 0 aliphatic rings. The van der Waals surface area contributed by atoms with Crippen LogP contribution in [0.3, 0.4) is 0 Å². The molecule has 0 unspecified atom stereocenters. The highest BCUT2D eigenvalue weighted by Crippen LogP contribution is 2.39. The number of hydrogen-bond donors (Lipinski definition) is 3. The molecule has 1 aromatic heterocycles. The molecule has 32 heavy (non-hydrogen) atoms. The fraction of sp³-hybridized carbons (Fsp3) is 0.167. The summed E-state index contributed by atoms with van der Waals surface area (Å²) in [7, 11) is 1.18. The average molecular weight is 444 g/mol. The average Bonchev–Trinajstić information content (AvgIpc) is 3.25. The van der Waals surface area contributed by atoms with E-state index in [0.717, 1.165) is 6.08 Å². The number of methoxy groups -OCH3 is 1. The Hall–Kier alpha value is -4.75. The molecule has 0 spiro atoms. The second-order valence-electron chi connectivity index (χ2n) is 6.21. The Labute approximate surface area is 178 Å². The molecule has 0 saturated heterocycles. The van der Waals surface area contributed by atoms with Crippen LogP contribution in [0.4, 0.5) is 17.1 Å². The number of aromatic nitrogens is 2. The molecule has 0 aliphatic heterocycles. The van der Waals surface area contributed by atoms with Crippen molar-refractivity contribution in [2.75, 3.05) is 25.5 Å². The van der Waals surface area contributed by atoms with Crippen LogP contribution < -0.4 is 15.4 Å². The molecule has 2 aromatic carbocycles. The van der Waals surface area contributed by atoms with Gasteiger partial charge in [-0.05, 0) is 34.6 Å². The van der Waals surface area contributed by atoms with Crippen LogP contribution >= 0.6 is 0 Å². The number of nitro benzene ring substituents is 2. The van der Waals surface area contributed by atoms with Crippen LogP contribution in [0.5, 0.6) is 11.5 Å². The summed E-state index contributed by atoms with van der Waals surface area (Å²) in [4.78, 5) is 33.0. The van der Waals surface area contributed by atoms with Gasteiger partial charge in [0.05, 0.1) is 28.2 Å². The SMILES string of the molecule is COc1c(O)ccc(/C=C/C(=O)NCCNc2ccc([N+](=O)[O-])c3nonc23)c1[N+](=O)[O-]. The van der Waals surface area contributed by atoms with Crippen molar-refractivity contribution in [1.29, 1.82) is 0 Å². The Morgan fingerprint density at radius 1 is 1.16 bits per heavy atom. The van der Waals surface area contributed by atoms with Gasteiger partial charge in [0, 0.05) is 25.2 Å². The van der Waals surface area contributed by atoms with Crippen molar-refractivity contribution in [1.82, 2.24) is 15.6 Å². The standard InChI is InChI=1S/C18H16N6O8/c1-31-18-13(25)6-2-10(17(18)24(29)30)3-7-14(26)20-9-8-19-11-4-5-12(23(27)28)16-15(11)21-32-22-16/h2-7,19,25H,8-9H2,1H3,(H,20,26)/b7-3+. The van der Waals surface area contributed by atoms with E-state index in [9.17, 15) is 30.1 Å². The number of aromatic hydroxyl groups is 1. The van der Waals surface area contributed by atoms with Gasteiger partial charge >= 0.3 is 11.4 Å². The molecule has 166 valence electrons. The molecule has 0 aliphatic carbocycles. The van der Waals surface area contributed by atoms with Crippen molar-refractivity contribution in [2.24, 2.45) is 0 Å². The molecule has 14 nitrogen and oxygen atoms in total. The zero-order valence-corrected chi connectivity index (χ0v) is 16.5. The van der Waals surface area contributed by atoms with E-state index in [4.69, 9.17) is 4.74 Å². The first-order chi connectivity index (χ1) is 15.3. The van der Waals surface area contributed by atoms with Gasteiger partial charge in [0.25, 0.3) is 0 Å². The van der Waals surface area contributed by atoms with E-state index in [1.807, 2.05) is 0 Å². The second-order valence-corrected chi connectivity index (χ2v) is 6.21. The Balaban J connectivity index is 1.60. The lowest BCUT2D eigenvalue weighted by Crippen LogP contribution is -2.27. The number of ether oxygens (including phenoxy) is 1. The molecular weight excluding hydrogens is 428 g/mol. The van der Waals surface area contributed by atoms with Gasteiger partial charge in [-0.3, -0.25) is 25.0 Å². The zero-order valence-electron chi connectivity index (χ0n) is 16.5. The van der Waals surface area contributed by atoms with Crippen molar-refractivity contribution in [2.45, 2.75) is 0 Å². The van der Waals surface area contributed by atoms with Crippen LogP contribution in [-0.2, 0) is 4.79 Å². The molecule has 1 amide bonds. The summed E-state index contributed by atoms with van der Waals surface area (Å²) in [5.41, 5.74) is -0.0306. The number of nitro groups is 2. The summed E-state index contributed by atoms with van der Waals surface area (Å²) < 4.78 is 9.43. The van der Waals surface area contributed by atoms with Crippen molar-refractivity contribution >= 4 is 40.1 Å². The molecule has 3 aromatic rings.